The van der Waals surface area contributed by atoms with E-state index in [4.69, 9.17) is 9.15 Å². The van der Waals surface area contributed by atoms with Gasteiger partial charge in [-0.2, -0.15) is 0 Å². The molecular formula is C16H14N2O4. The minimum absolute atomic E-state index is 0.290. The average molecular weight is 298 g/mol. The second-order valence-electron chi connectivity index (χ2n) is 4.61. The molecule has 2 aromatic carbocycles. The highest BCUT2D eigenvalue weighted by Gasteiger charge is 2.12. The number of para-hydroxylation sites is 1. The molecule has 0 saturated carbocycles. The summed E-state index contributed by atoms with van der Waals surface area (Å²) in [5, 5.41) is 2.76. The summed E-state index contributed by atoms with van der Waals surface area (Å²) >= 11 is 0. The van der Waals surface area contributed by atoms with E-state index in [2.05, 4.69) is 10.3 Å². The van der Waals surface area contributed by atoms with Crippen LogP contribution in [-0.4, -0.2) is 17.5 Å². The molecule has 112 valence electrons. The molecule has 1 heterocycles. The van der Waals surface area contributed by atoms with Gasteiger partial charge in [-0.25, -0.2) is 4.79 Å². The number of H-pyrrole nitrogens is 1. The number of aromatic amines is 1. The van der Waals surface area contributed by atoms with Crippen molar-refractivity contribution in [2.24, 2.45) is 0 Å². The van der Waals surface area contributed by atoms with E-state index in [1.807, 2.05) is 13.0 Å². The monoisotopic (exact) mass is 298 g/mol. The van der Waals surface area contributed by atoms with E-state index in [0.29, 0.717) is 34.7 Å². The summed E-state index contributed by atoms with van der Waals surface area (Å²) in [6, 6.07) is 12.0. The summed E-state index contributed by atoms with van der Waals surface area (Å²) in [4.78, 5) is 26.0. The molecule has 0 aliphatic heterocycles. The first kappa shape index (κ1) is 13.9. The summed E-state index contributed by atoms with van der Waals surface area (Å²) in [5.41, 5.74) is 1.95. The second kappa shape index (κ2) is 5.77. The van der Waals surface area contributed by atoms with Gasteiger partial charge in [0, 0.05) is 11.8 Å². The van der Waals surface area contributed by atoms with Gasteiger partial charge < -0.3 is 14.5 Å². The predicted octanol–water partition coefficient (Wildman–Crippen LogP) is 2.77. The number of hydrogen-bond donors (Lipinski definition) is 2. The first-order valence-corrected chi connectivity index (χ1v) is 6.83. The number of benzene rings is 2. The summed E-state index contributed by atoms with van der Waals surface area (Å²) in [6.07, 6.45) is 0. The topological polar surface area (TPSA) is 84.3 Å². The Hall–Kier alpha value is -3.02. The van der Waals surface area contributed by atoms with Gasteiger partial charge in [-0.1, -0.05) is 12.1 Å². The minimum atomic E-state index is -0.528. The molecule has 0 aliphatic rings. The van der Waals surface area contributed by atoms with Crippen molar-refractivity contribution < 1.29 is 13.9 Å². The van der Waals surface area contributed by atoms with Crippen molar-refractivity contribution in [3.8, 4) is 5.75 Å². The molecule has 6 nitrogen and oxygen atoms in total. The van der Waals surface area contributed by atoms with Gasteiger partial charge in [-0.3, -0.25) is 9.78 Å². The van der Waals surface area contributed by atoms with Gasteiger partial charge in [0.1, 0.15) is 5.75 Å². The molecule has 3 rings (SSSR count). The summed E-state index contributed by atoms with van der Waals surface area (Å²) in [5.74, 6) is -0.293. The third-order valence-electron chi connectivity index (χ3n) is 3.11. The largest absolute Gasteiger partial charge is 0.493 e. The highest BCUT2D eigenvalue weighted by atomic mass is 16.5. The lowest BCUT2D eigenvalue weighted by molar-refractivity contribution is 0.102. The SMILES string of the molecule is CCOc1ccccc1C(=O)Nc1ccc2[nH]c(=O)oc2c1. The molecule has 1 aromatic heterocycles. The van der Waals surface area contributed by atoms with Crippen molar-refractivity contribution in [2.45, 2.75) is 6.92 Å². The van der Waals surface area contributed by atoms with Crippen LogP contribution in [0.15, 0.2) is 51.7 Å². The van der Waals surface area contributed by atoms with E-state index in [0.717, 1.165) is 0 Å². The van der Waals surface area contributed by atoms with E-state index in [1.165, 1.54) is 0 Å². The van der Waals surface area contributed by atoms with Gasteiger partial charge in [-0.15, -0.1) is 0 Å². The van der Waals surface area contributed by atoms with Crippen LogP contribution in [0.5, 0.6) is 5.75 Å². The maximum atomic E-state index is 12.4. The Balaban J connectivity index is 1.87. The molecule has 3 aromatic rings. The lowest BCUT2D eigenvalue weighted by atomic mass is 10.2. The number of rotatable bonds is 4. The quantitative estimate of drug-likeness (QED) is 0.775. The maximum Gasteiger partial charge on any atom is 0.417 e. The lowest BCUT2D eigenvalue weighted by Gasteiger charge is -2.10. The number of oxazole rings is 1. The van der Waals surface area contributed by atoms with Gasteiger partial charge in [0.25, 0.3) is 5.91 Å². The lowest BCUT2D eigenvalue weighted by Crippen LogP contribution is -2.13. The predicted molar refractivity (Wildman–Crippen MR) is 82.4 cm³/mol. The number of anilines is 1. The van der Waals surface area contributed by atoms with Gasteiger partial charge >= 0.3 is 5.76 Å². The third kappa shape index (κ3) is 2.71. The zero-order valence-electron chi connectivity index (χ0n) is 11.9. The van der Waals surface area contributed by atoms with Crippen LogP contribution >= 0.6 is 0 Å². The van der Waals surface area contributed by atoms with Gasteiger partial charge in [0.2, 0.25) is 0 Å². The molecule has 0 atom stereocenters. The molecular weight excluding hydrogens is 284 g/mol. The molecule has 6 heteroatoms. The van der Waals surface area contributed by atoms with Gasteiger partial charge in [0.15, 0.2) is 5.58 Å². The highest BCUT2D eigenvalue weighted by molar-refractivity contribution is 6.06. The van der Waals surface area contributed by atoms with Crippen molar-refractivity contribution in [1.82, 2.24) is 4.98 Å². The third-order valence-corrected chi connectivity index (χ3v) is 3.11. The smallest absolute Gasteiger partial charge is 0.417 e. The molecule has 1 amide bonds. The first-order chi connectivity index (χ1) is 10.7. The Kier molecular flexibility index (Phi) is 3.65. The van der Waals surface area contributed by atoms with Crippen LogP contribution < -0.4 is 15.8 Å². The van der Waals surface area contributed by atoms with Crippen molar-refractivity contribution in [1.29, 1.82) is 0 Å². The summed E-state index contributed by atoms with van der Waals surface area (Å²) in [7, 11) is 0. The number of fused-ring (bicyclic) bond motifs is 1. The van der Waals surface area contributed by atoms with Crippen molar-refractivity contribution in [3.05, 3.63) is 58.6 Å². The molecule has 0 fully saturated rings. The van der Waals surface area contributed by atoms with E-state index in [9.17, 15) is 9.59 Å². The Morgan fingerprint density at radius 3 is 2.91 bits per heavy atom. The van der Waals surface area contributed by atoms with E-state index < -0.39 is 5.76 Å². The number of amides is 1. The number of aromatic nitrogens is 1. The van der Waals surface area contributed by atoms with Gasteiger partial charge in [0.05, 0.1) is 17.7 Å². The van der Waals surface area contributed by atoms with Crippen LogP contribution in [0.25, 0.3) is 11.1 Å². The van der Waals surface area contributed by atoms with Crippen LogP contribution in [0.2, 0.25) is 0 Å². The van der Waals surface area contributed by atoms with Crippen LogP contribution in [0, 0.1) is 0 Å². The Labute approximate surface area is 125 Å². The molecule has 0 unspecified atom stereocenters. The molecule has 2 N–H and O–H groups in total. The first-order valence-electron chi connectivity index (χ1n) is 6.83. The van der Waals surface area contributed by atoms with E-state index in [1.54, 1.807) is 36.4 Å². The number of carbonyl (C=O) groups excluding carboxylic acids is 1. The highest BCUT2D eigenvalue weighted by Crippen LogP contribution is 2.21. The molecule has 0 radical (unpaired) electrons. The van der Waals surface area contributed by atoms with Crippen molar-refractivity contribution >= 4 is 22.7 Å². The molecule has 0 saturated heterocycles. The zero-order chi connectivity index (χ0) is 15.5. The van der Waals surface area contributed by atoms with Crippen LogP contribution in [-0.2, 0) is 0 Å². The second-order valence-corrected chi connectivity index (χ2v) is 4.61. The Bertz CT molecular complexity index is 879. The van der Waals surface area contributed by atoms with E-state index >= 15 is 0 Å². The Morgan fingerprint density at radius 1 is 1.27 bits per heavy atom. The van der Waals surface area contributed by atoms with Crippen LogP contribution in [0.3, 0.4) is 0 Å². The number of hydrogen-bond acceptors (Lipinski definition) is 4. The average Bonchev–Trinajstić information content (AvgIpc) is 2.87. The zero-order valence-corrected chi connectivity index (χ0v) is 11.9. The fourth-order valence-electron chi connectivity index (χ4n) is 2.16. The molecule has 0 spiro atoms. The standard InChI is InChI=1S/C16H14N2O4/c1-2-21-13-6-4-3-5-11(13)15(19)17-10-7-8-12-14(9-10)22-16(20)18-12/h3-9H,2H2,1H3,(H,17,19)(H,18,20). The molecule has 0 aliphatic carbocycles. The van der Waals surface area contributed by atoms with Crippen LogP contribution in [0.1, 0.15) is 17.3 Å². The number of nitrogens with one attached hydrogen (secondary N) is 2. The number of carbonyl (C=O) groups is 1. The number of ether oxygens (including phenoxy) is 1. The van der Waals surface area contributed by atoms with Crippen molar-refractivity contribution in [3.63, 3.8) is 0 Å². The van der Waals surface area contributed by atoms with Crippen LogP contribution in [0.4, 0.5) is 5.69 Å². The normalized spacial score (nSPS) is 10.6. The minimum Gasteiger partial charge on any atom is -0.493 e. The molecule has 22 heavy (non-hydrogen) atoms. The molecule has 0 bridgehead atoms. The summed E-state index contributed by atoms with van der Waals surface area (Å²) in [6.45, 7) is 2.33. The fourth-order valence-corrected chi connectivity index (χ4v) is 2.16. The van der Waals surface area contributed by atoms with Crippen molar-refractivity contribution in [2.75, 3.05) is 11.9 Å². The summed E-state index contributed by atoms with van der Waals surface area (Å²) < 4.78 is 10.4. The maximum absolute atomic E-state index is 12.4. The van der Waals surface area contributed by atoms with Gasteiger partial charge in [-0.05, 0) is 31.2 Å². The fraction of sp³-hybridized carbons (Fsp3) is 0.125. The Morgan fingerprint density at radius 2 is 2.09 bits per heavy atom. The van der Waals surface area contributed by atoms with E-state index in [-0.39, 0.29) is 5.91 Å².